The molecule has 0 aromatic heterocycles. The first-order valence-electron chi connectivity index (χ1n) is 8.32. The van der Waals surface area contributed by atoms with E-state index in [4.69, 9.17) is 9.47 Å². The van der Waals surface area contributed by atoms with Crippen LogP contribution in [0.4, 0.5) is 5.69 Å². The lowest BCUT2D eigenvalue weighted by atomic mass is 10.00. The van der Waals surface area contributed by atoms with Crippen LogP contribution < -0.4 is 14.8 Å². The Balaban J connectivity index is 2.12. The molecule has 0 bridgehead atoms. The summed E-state index contributed by atoms with van der Waals surface area (Å²) in [5, 5.41) is 12.1. The minimum absolute atomic E-state index is 0.112. The van der Waals surface area contributed by atoms with Gasteiger partial charge in [0.1, 0.15) is 6.07 Å². The summed E-state index contributed by atoms with van der Waals surface area (Å²) in [5.41, 5.74) is 0.803. The van der Waals surface area contributed by atoms with Crippen molar-refractivity contribution in [1.82, 2.24) is 4.90 Å². The van der Waals surface area contributed by atoms with Crippen LogP contribution in [-0.4, -0.2) is 44.2 Å². The van der Waals surface area contributed by atoms with Crippen molar-refractivity contribution in [1.29, 1.82) is 5.26 Å². The molecule has 0 aliphatic carbocycles. The van der Waals surface area contributed by atoms with Crippen molar-refractivity contribution in [2.24, 2.45) is 0 Å². The van der Waals surface area contributed by atoms with Crippen molar-refractivity contribution < 1.29 is 14.3 Å². The molecule has 1 N–H and O–H groups in total. The number of likely N-dealkylation sites (tertiary alicyclic amines) is 1. The van der Waals surface area contributed by atoms with Gasteiger partial charge in [-0.25, -0.2) is 0 Å². The number of anilines is 1. The molecule has 24 heavy (non-hydrogen) atoms. The number of hydrogen-bond acceptors (Lipinski definition) is 5. The largest absolute Gasteiger partial charge is 0.493 e. The highest BCUT2D eigenvalue weighted by Gasteiger charge is 2.23. The van der Waals surface area contributed by atoms with E-state index in [2.05, 4.69) is 23.2 Å². The van der Waals surface area contributed by atoms with Crippen LogP contribution in [0, 0.1) is 11.3 Å². The SMILES string of the molecule is CC[C@@H]1CCCCN1CC(=O)Nc1cc(OC)c(OC)cc1C#N. The Morgan fingerprint density at radius 1 is 1.33 bits per heavy atom. The monoisotopic (exact) mass is 331 g/mol. The van der Waals surface area contributed by atoms with Gasteiger partial charge in [-0.15, -0.1) is 0 Å². The lowest BCUT2D eigenvalue weighted by Gasteiger charge is -2.34. The fourth-order valence-electron chi connectivity index (χ4n) is 3.18. The van der Waals surface area contributed by atoms with Gasteiger partial charge in [0.05, 0.1) is 32.0 Å². The number of nitrogens with one attached hydrogen (secondary N) is 1. The number of amides is 1. The number of rotatable bonds is 6. The molecule has 1 amide bonds. The summed E-state index contributed by atoms with van der Waals surface area (Å²) in [6.07, 6.45) is 4.55. The van der Waals surface area contributed by atoms with Crippen LogP contribution in [0.5, 0.6) is 11.5 Å². The molecular weight excluding hydrogens is 306 g/mol. The van der Waals surface area contributed by atoms with Crippen LogP contribution >= 0.6 is 0 Å². The molecule has 1 aliphatic rings. The van der Waals surface area contributed by atoms with Gasteiger partial charge in [-0.3, -0.25) is 9.69 Å². The molecule has 1 fully saturated rings. The van der Waals surface area contributed by atoms with Gasteiger partial charge in [0.2, 0.25) is 5.91 Å². The molecule has 1 aromatic carbocycles. The molecule has 1 saturated heterocycles. The zero-order valence-electron chi connectivity index (χ0n) is 14.6. The number of ether oxygens (including phenoxy) is 2. The van der Waals surface area contributed by atoms with E-state index in [1.54, 1.807) is 12.1 Å². The second-order valence-electron chi connectivity index (χ2n) is 5.94. The molecule has 1 heterocycles. The van der Waals surface area contributed by atoms with E-state index in [9.17, 15) is 10.1 Å². The van der Waals surface area contributed by atoms with E-state index in [1.807, 2.05) is 0 Å². The lowest BCUT2D eigenvalue weighted by molar-refractivity contribution is -0.118. The van der Waals surface area contributed by atoms with Crippen molar-refractivity contribution in [3.8, 4) is 17.6 Å². The Morgan fingerprint density at radius 3 is 2.67 bits per heavy atom. The third-order valence-electron chi connectivity index (χ3n) is 4.49. The molecule has 0 unspecified atom stereocenters. The number of nitriles is 1. The maximum atomic E-state index is 12.4. The maximum absolute atomic E-state index is 12.4. The van der Waals surface area contributed by atoms with Gasteiger partial charge >= 0.3 is 0 Å². The van der Waals surface area contributed by atoms with Crippen molar-refractivity contribution in [2.75, 3.05) is 32.6 Å². The highest BCUT2D eigenvalue weighted by Crippen LogP contribution is 2.33. The second-order valence-corrected chi connectivity index (χ2v) is 5.94. The van der Waals surface area contributed by atoms with Crippen LogP contribution in [0.25, 0.3) is 0 Å². The molecule has 2 rings (SSSR count). The smallest absolute Gasteiger partial charge is 0.238 e. The number of piperidine rings is 1. The van der Waals surface area contributed by atoms with Crippen LogP contribution in [-0.2, 0) is 4.79 Å². The Morgan fingerprint density at radius 2 is 2.04 bits per heavy atom. The van der Waals surface area contributed by atoms with Crippen LogP contribution in [0.2, 0.25) is 0 Å². The Hall–Kier alpha value is -2.26. The fraction of sp³-hybridized carbons (Fsp3) is 0.556. The average molecular weight is 331 g/mol. The molecular formula is C18H25N3O3. The summed E-state index contributed by atoms with van der Waals surface area (Å²) < 4.78 is 10.4. The van der Waals surface area contributed by atoms with Crippen molar-refractivity contribution in [3.63, 3.8) is 0 Å². The number of hydrogen-bond donors (Lipinski definition) is 1. The molecule has 0 radical (unpaired) electrons. The third kappa shape index (κ3) is 4.18. The number of carbonyl (C=O) groups is 1. The summed E-state index contributed by atoms with van der Waals surface area (Å²) in [6, 6.07) is 5.75. The molecule has 6 nitrogen and oxygen atoms in total. The van der Waals surface area contributed by atoms with Crippen LogP contribution in [0.15, 0.2) is 12.1 Å². The Kier molecular flexibility index (Phi) is 6.44. The first-order chi connectivity index (χ1) is 11.6. The minimum atomic E-state index is -0.112. The van der Waals surface area contributed by atoms with Crippen LogP contribution in [0.3, 0.4) is 0 Å². The van der Waals surface area contributed by atoms with E-state index < -0.39 is 0 Å². The standard InChI is InChI=1S/C18H25N3O3/c1-4-14-7-5-6-8-21(14)12-18(22)20-15-10-17(24-3)16(23-2)9-13(15)11-19/h9-10,14H,4-8,12H2,1-3H3,(H,20,22)/t14-/m1/s1. The third-order valence-corrected chi connectivity index (χ3v) is 4.49. The lowest BCUT2D eigenvalue weighted by Crippen LogP contribution is -2.43. The van der Waals surface area contributed by atoms with Crippen molar-refractivity contribution in [2.45, 2.75) is 38.6 Å². The minimum Gasteiger partial charge on any atom is -0.493 e. The number of nitrogens with zero attached hydrogens (tertiary/aromatic N) is 2. The van der Waals surface area contributed by atoms with Gasteiger partial charge in [0, 0.05) is 18.2 Å². The van der Waals surface area contributed by atoms with Gasteiger partial charge in [0.25, 0.3) is 0 Å². The van der Waals surface area contributed by atoms with Gasteiger partial charge in [-0.2, -0.15) is 5.26 Å². The quantitative estimate of drug-likeness (QED) is 0.867. The van der Waals surface area contributed by atoms with Gasteiger partial charge in [-0.05, 0) is 25.8 Å². The highest BCUT2D eigenvalue weighted by atomic mass is 16.5. The predicted molar refractivity (Wildman–Crippen MR) is 92.4 cm³/mol. The van der Waals surface area contributed by atoms with E-state index in [0.717, 1.165) is 25.8 Å². The van der Waals surface area contributed by atoms with Gasteiger partial charge in [-0.1, -0.05) is 13.3 Å². The van der Waals surface area contributed by atoms with E-state index in [1.165, 1.54) is 20.6 Å². The molecule has 0 saturated carbocycles. The predicted octanol–water partition coefficient (Wildman–Crippen LogP) is 2.78. The number of benzene rings is 1. The Bertz CT molecular complexity index is 625. The molecule has 130 valence electrons. The zero-order chi connectivity index (χ0) is 17.5. The average Bonchev–Trinajstić information content (AvgIpc) is 2.61. The molecule has 1 aromatic rings. The first-order valence-corrected chi connectivity index (χ1v) is 8.32. The molecule has 6 heteroatoms. The molecule has 1 atom stereocenters. The summed E-state index contributed by atoms with van der Waals surface area (Å²) >= 11 is 0. The maximum Gasteiger partial charge on any atom is 0.238 e. The van der Waals surface area contributed by atoms with E-state index >= 15 is 0 Å². The number of methoxy groups -OCH3 is 2. The zero-order valence-corrected chi connectivity index (χ0v) is 14.6. The highest BCUT2D eigenvalue weighted by molar-refractivity contribution is 5.94. The van der Waals surface area contributed by atoms with Crippen molar-refractivity contribution >= 4 is 11.6 Å². The van der Waals surface area contributed by atoms with Crippen LogP contribution in [0.1, 0.15) is 38.2 Å². The summed E-state index contributed by atoms with van der Waals surface area (Å²) in [5.74, 6) is 0.837. The summed E-state index contributed by atoms with van der Waals surface area (Å²) in [7, 11) is 3.04. The number of carbonyl (C=O) groups excluding carboxylic acids is 1. The van der Waals surface area contributed by atoms with E-state index in [0.29, 0.717) is 35.3 Å². The topological polar surface area (TPSA) is 74.6 Å². The molecule has 0 spiro atoms. The Labute approximate surface area is 143 Å². The summed E-state index contributed by atoms with van der Waals surface area (Å²) in [6.45, 7) is 3.45. The first kappa shape index (κ1) is 18.1. The molecule has 1 aliphatic heterocycles. The van der Waals surface area contributed by atoms with Gasteiger partial charge in [0.15, 0.2) is 11.5 Å². The van der Waals surface area contributed by atoms with E-state index in [-0.39, 0.29) is 5.91 Å². The summed E-state index contributed by atoms with van der Waals surface area (Å²) in [4.78, 5) is 14.7. The normalized spacial score (nSPS) is 17.8. The van der Waals surface area contributed by atoms with Gasteiger partial charge < -0.3 is 14.8 Å². The second kappa shape index (κ2) is 8.55. The van der Waals surface area contributed by atoms with Crippen molar-refractivity contribution in [3.05, 3.63) is 17.7 Å². The fourth-order valence-corrected chi connectivity index (χ4v) is 3.18.